The molecule has 1 atom stereocenters. The number of carbonyl (C=O) groups is 2. The number of anilines is 1. The molecule has 2 aromatic heterocycles. The average molecular weight is 370 g/mol. The van der Waals surface area contributed by atoms with Crippen LogP contribution < -0.4 is 10.6 Å². The summed E-state index contributed by atoms with van der Waals surface area (Å²) in [7, 11) is 0. The van der Waals surface area contributed by atoms with Crippen LogP contribution in [0, 0.1) is 6.92 Å². The number of rotatable bonds is 5. The summed E-state index contributed by atoms with van der Waals surface area (Å²) in [6.45, 7) is 1.64. The number of hydrogen-bond acceptors (Lipinski definition) is 5. The van der Waals surface area contributed by atoms with Gasteiger partial charge < -0.3 is 20.2 Å². The molecule has 2 amide bonds. The van der Waals surface area contributed by atoms with E-state index in [2.05, 4.69) is 10.6 Å². The van der Waals surface area contributed by atoms with Crippen molar-refractivity contribution in [1.82, 2.24) is 5.32 Å². The monoisotopic (exact) mass is 370 g/mol. The first-order chi connectivity index (χ1) is 12.5. The Labute approximate surface area is 154 Å². The van der Waals surface area contributed by atoms with Crippen LogP contribution in [0.25, 0.3) is 0 Å². The van der Waals surface area contributed by atoms with Gasteiger partial charge in [-0.2, -0.15) is 0 Å². The minimum Gasteiger partial charge on any atom is -0.466 e. The summed E-state index contributed by atoms with van der Waals surface area (Å²) in [6.07, 6.45) is 1.45. The molecule has 7 heteroatoms. The molecule has 6 nitrogen and oxygen atoms in total. The van der Waals surface area contributed by atoms with Crippen molar-refractivity contribution in [3.63, 3.8) is 0 Å². The third-order valence-corrected chi connectivity index (χ3v) is 4.98. The molecule has 0 bridgehead atoms. The van der Waals surface area contributed by atoms with E-state index in [1.165, 1.54) is 17.6 Å². The molecule has 3 aromatic rings. The van der Waals surface area contributed by atoms with Gasteiger partial charge in [0, 0.05) is 10.6 Å². The Bertz CT molecular complexity index is 854. The van der Waals surface area contributed by atoms with E-state index in [4.69, 9.17) is 4.42 Å². The Hall–Kier alpha value is -2.90. The first-order valence-electron chi connectivity index (χ1n) is 7.96. The van der Waals surface area contributed by atoms with Crippen molar-refractivity contribution in [2.75, 3.05) is 11.9 Å². The quantitative estimate of drug-likeness (QED) is 0.602. The highest BCUT2D eigenvalue weighted by atomic mass is 32.1. The summed E-state index contributed by atoms with van der Waals surface area (Å²) < 4.78 is 5.33. The van der Waals surface area contributed by atoms with E-state index in [1.807, 2.05) is 24.4 Å². The van der Waals surface area contributed by atoms with E-state index in [-0.39, 0.29) is 6.54 Å². The lowest BCUT2D eigenvalue weighted by Crippen LogP contribution is -2.44. The Morgan fingerprint density at radius 1 is 1.12 bits per heavy atom. The molecule has 3 N–H and O–H groups in total. The number of amides is 2. The van der Waals surface area contributed by atoms with Gasteiger partial charge >= 0.3 is 11.8 Å². The molecule has 134 valence electrons. The van der Waals surface area contributed by atoms with Gasteiger partial charge in [0.25, 0.3) is 0 Å². The summed E-state index contributed by atoms with van der Waals surface area (Å²) in [5.41, 5.74) is -0.137. The number of aryl methyl sites for hydroxylation is 1. The summed E-state index contributed by atoms with van der Waals surface area (Å²) in [4.78, 5) is 24.9. The number of thiophene rings is 1. The smallest absolute Gasteiger partial charge is 0.313 e. The third-order valence-electron chi connectivity index (χ3n) is 3.96. The van der Waals surface area contributed by atoms with Gasteiger partial charge in [0.15, 0.2) is 5.60 Å². The van der Waals surface area contributed by atoms with E-state index in [0.717, 1.165) is 5.56 Å². The second-order valence-corrected chi connectivity index (χ2v) is 6.71. The largest absolute Gasteiger partial charge is 0.466 e. The zero-order valence-electron chi connectivity index (χ0n) is 14.1. The summed E-state index contributed by atoms with van der Waals surface area (Å²) in [5, 5.41) is 17.9. The first-order valence-corrected chi connectivity index (χ1v) is 8.84. The SMILES string of the molecule is Cc1ccccc1NC(=O)C(=O)NCC(O)(c1ccco1)c1cccs1. The first kappa shape index (κ1) is 17.9. The fourth-order valence-corrected chi connectivity index (χ4v) is 3.33. The lowest BCUT2D eigenvalue weighted by Gasteiger charge is -2.25. The second-order valence-electron chi connectivity index (χ2n) is 5.77. The molecule has 0 radical (unpaired) electrons. The standard InChI is InChI=1S/C19H18N2O4S/c1-13-6-2-3-7-14(13)21-18(23)17(22)20-12-19(24,15-8-4-10-25-15)16-9-5-11-26-16/h2-11,24H,12H2,1H3,(H,20,22)(H,21,23). The van der Waals surface area contributed by atoms with Crippen LogP contribution in [0.4, 0.5) is 5.69 Å². The highest BCUT2D eigenvalue weighted by Crippen LogP contribution is 2.32. The maximum Gasteiger partial charge on any atom is 0.313 e. The number of carbonyl (C=O) groups excluding carboxylic acids is 2. The molecular formula is C19H18N2O4S. The summed E-state index contributed by atoms with van der Waals surface area (Å²) >= 11 is 1.33. The molecule has 26 heavy (non-hydrogen) atoms. The molecule has 3 rings (SSSR count). The Kier molecular flexibility index (Phi) is 5.20. The van der Waals surface area contributed by atoms with E-state index >= 15 is 0 Å². The van der Waals surface area contributed by atoms with Crippen molar-refractivity contribution in [2.45, 2.75) is 12.5 Å². The molecule has 0 aliphatic rings. The summed E-state index contributed by atoms with van der Waals surface area (Å²) in [6, 6.07) is 14.0. The van der Waals surface area contributed by atoms with Gasteiger partial charge in [-0.05, 0) is 42.1 Å². The van der Waals surface area contributed by atoms with Gasteiger partial charge in [0.1, 0.15) is 5.76 Å². The maximum absolute atomic E-state index is 12.2. The average Bonchev–Trinajstić information content (AvgIpc) is 3.35. The van der Waals surface area contributed by atoms with Crippen LogP contribution in [0.5, 0.6) is 0 Å². The predicted octanol–water partition coefficient (Wildman–Crippen LogP) is 2.64. The molecule has 1 unspecified atom stereocenters. The second kappa shape index (κ2) is 7.55. The van der Waals surface area contributed by atoms with Crippen molar-refractivity contribution in [1.29, 1.82) is 0 Å². The van der Waals surface area contributed by atoms with Crippen LogP contribution >= 0.6 is 11.3 Å². The van der Waals surface area contributed by atoms with Gasteiger partial charge in [-0.1, -0.05) is 24.3 Å². The van der Waals surface area contributed by atoms with E-state index in [1.54, 1.807) is 36.4 Å². The number of para-hydroxylation sites is 1. The summed E-state index contributed by atoms with van der Waals surface area (Å²) in [5.74, 6) is -1.35. The normalized spacial score (nSPS) is 13.0. The molecule has 0 aliphatic heterocycles. The number of benzene rings is 1. The number of aliphatic hydroxyl groups is 1. The molecule has 0 aliphatic carbocycles. The molecule has 2 heterocycles. The van der Waals surface area contributed by atoms with Crippen LogP contribution in [0.1, 0.15) is 16.2 Å². The molecule has 0 spiro atoms. The van der Waals surface area contributed by atoms with E-state index in [9.17, 15) is 14.7 Å². The van der Waals surface area contributed by atoms with Crippen LogP contribution in [0.15, 0.2) is 64.6 Å². The van der Waals surface area contributed by atoms with Crippen molar-refractivity contribution in [3.8, 4) is 0 Å². The lowest BCUT2D eigenvalue weighted by atomic mass is 9.98. The van der Waals surface area contributed by atoms with Crippen LogP contribution in [0.2, 0.25) is 0 Å². The predicted molar refractivity (Wildman–Crippen MR) is 98.8 cm³/mol. The van der Waals surface area contributed by atoms with E-state index in [0.29, 0.717) is 16.3 Å². The highest BCUT2D eigenvalue weighted by Gasteiger charge is 2.36. The topological polar surface area (TPSA) is 91.6 Å². The Morgan fingerprint density at radius 2 is 1.92 bits per heavy atom. The minimum atomic E-state index is -1.55. The molecule has 0 saturated carbocycles. The van der Waals surface area contributed by atoms with Crippen LogP contribution in [-0.4, -0.2) is 23.5 Å². The Morgan fingerprint density at radius 3 is 2.58 bits per heavy atom. The number of furan rings is 1. The third kappa shape index (κ3) is 3.68. The van der Waals surface area contributed by atoms with Crippen molar-refractivity contribution >= 4 is 28.8 Å². The van der Waals surface area contributed by atoms with Gasteiger partial charge in [-0.3, -0.25) is 9.59 Å². The lowest BCUT2D eigenvalue weighted by molar-refractivity contribution is -0.136. The van der Waals surface area contributed by atoms with Crippen LogP contribution in [-0.2, 0) is 15.2 Å². The van der Waals surface area contributed by atoms with E-state index < -0.39 is 17.4 Å². The Balaban J connectivity index is 1.70. The zero-order valence-corrected chi connectivity index (χ0v) is 14.9. The van der Waals surface area contributed by atoms with Crippen molar-refractivity contribution < 1.29 is 19.1 Å². The van der Waals surface area contributed by atoms with Crippen LogP contribution in [0.3, 0.4) is 0 Å². The number of nitrogens with one attached hydrogen (secondary N) is 2. The van der Waals surface area contributed by atoms with Crippen molar-refractivity contribution in [3.05, 3.63) is 76.4 Å². The minimum absolute atomic E-state index is 0.193. The molecule has 0 fully saturated rings. The van der Waals surface area contributed by atoms with Gasteiger partial charge in [0.05, 0.1) is 12.8 Å². The highest BCUT2D eigenvalue weighted by molar-refractivity contribution is 7.10. The van der Waals surface area contributed by atoms with Gasteiger partial charge in [0.2, 0.25) is 0 Å². The van der Waals surface area contributed by atoms with Gasteiger partial charge in [-0.25, -0.2) is 0 Å². The molecule has 0 saturated heterocycles. The maximum atomic E-state index is 12.2. The molecular weight excluding hydrogens is 352 g/mol. The number of hydrogen-bond donors (Lipinski definition) is 3. The van der Waals surface area contributed by atoms with Gasteiger partial charge in [-0.15, -0.1) is 11.3 Å². The zero-order chi connectivity index (χ0) is 18.6. The fraction of sp³-hybridized carbons (Fsp3) is 0.158. The molecule has 1 aromatic carbocycles. The van der Waals surface area contributed by atoms with Crippen molar-refractivity contribution in [2.24, 2.45) is 0 Å². The fourth-order valence-electron chi connectivity index (χ4n) is 2.50.